The van der Waals surface area contributed by atoms with Crippen LogP contribution >= 0.6 is 0 Å². The maximum absolute atomic E-state index is 10.2. The largest absolute Gasteiger partial charge is 0.391 e. The molecule has 2 heteroatoms. The summed E-state index contributed by atoms with van der Waals surface area (Å²) in [6, 6.07) is 0.202. The summed E-state index contributed by atoms with van der Waals surface area (Å²) in [7, 11) is 0. The van der Waals surface area contributed by atoms with Crippen molar-refractivity contribution in [2.24, 2.45) is 5.92 Å². The van der Waals surface area contributed by atoms with E-state index in [-0.39, 0.29) is 17.7 Å². The third-order valence-corrected chi connectivity index (χ3v) is 3.31. The van der Waals surface area contributed by atoms with E-state index in [1.54, 1.807) is 0 Å². The number of aliphatic hydroxyl groups is 1. The molecule has 90 valence electrons. The minimum Gasteiger partial charge on any atom is -0.391 e. The van der Waals surface area contributed by atoms with Gasteiger partial charge in [-0.2, -0.15) is 0 Å². The number of rotatable bonds is 3. The highest BCUT2D eigenvalue weighted by atomic mass is 16.3. The van der Waals surface area contributed by atoms with Crippen molar-refractivity contribution in [3.8, 4) is 0 Å². The number of nitrogens with one attached hydrogen (secondary N) is 1. The van der Waals surface area contributed by atoms with Gasteiger partial charge in [0.25, 0.3) is 0 Å². The Hall–Kier alpha value is -0.0800. The van der Waals surface area contributed by atoms with Gasteiger partial charge in [-0.3, -0.25) is 0 Å². The quantitative estimate of drug-likeness (QED) is 0.755. The molecule has 2 nitrogen and oxygen atoms in total. The highest BCUT2D eigenvalue weighted by molar-refractivity contribution is 4.84. The molecule has 0 unspecified atom stereocenters. The first-order valence-electron chi connectivity index (χ1n) is 6.36. The minimum atomic E-state index is -0.176. The van der Waals surface area contributed by atoms with Gasteiger partial charge in [0.2, 0.25) is 0 Å². The fourth-order valence-corrected chi connectivity index (χ4v) is 2.65. The van der Waals surface area contributed by atoms with E-state index in [4.69, 9.17) is 0 Å². The van der Waals surface area contributed by atoms with E-state index < -0.39 is 0 Å². The van der Waals surface area contributed by atoms with Crippen LogP contribution in [0.25, 0.3) is 0 Å². The van der Waals surface area contributed by atoms with Gasteiger partial charge in [-0.15, -0.1) is 0 Å². The molecule has 2 N–H and O–H groups in total. The lowest BCUT2D eigenvalue weighted by molar-refractivity contribution is 0.0474. The molecule has 2 atom stereocenters. The molecule has 0 radical (unpaired) electrons. The van der Waals surface area contributed by atoms with Crippen LogP contribution in [0.1, 0.15) is 59.8 Å². The molecule has 1 fully saturated rings. The van der Waals surface area contributed by atoms with E-state index in [0.29, 0.717) is 5.92 Å². The van der Waals surface area contributed by atoms with Crippen LogP contribution in [0, 0.1) is 5.92 Å². The summed E-state index contributed by atoms with van der Waals surface area (Å²) >= 11 is 0. The van der Waals surface area contributed by atoms with Crippen molar-refractivity contribution in [3.05, 3.63) is 0 Å². The molecule has 1 aliphatic carbocycles. The number of aliphatic hydroxyl groups excluding tert-OH is 1. The molecule has 0 aromatic carbocycles. The Labute approximate surface area is 94.5 Å². The van der Waals surface area contributed by atoms with E-state index in [0.717, 1.165) is 0 Å². The zero-order valence-corrected chi connectivity index (χ0v) is 10.7. The lowest BCUT2D eigenvalue weighted by Crippen LogP contribution is -2.50. The third-order valence-electron chi connectivity index (χ3n) is 3.31. The zero-order chi connectivity index (χ0) is 11.5. The van der Waals surface area contributed by atoms with Crippen LogP contribution in [-0.4, -0.2) is 22.8 Å². The number of hydrogen-bond acceptors (Lipinski definition) is 2. The normalized spacial score (nSPS) is 23.8. The Morgan fingerprint density at radius 2 is 1.67 bits per heavy atom. The maximum Gasteiger partial charge on any atom is 0.0718 e. The molecule has 0 aromatic rings. The Morgan fingerprint density at radius 3 is 2.13 bits per heavy atom. The topological polar surface area (TPSA) is 32.3 Å². The van der Waals surface area contributed by atoms with Crippen molar-refractivity contribution in [2.45, 2.75) is 77.5 Å². The summed E-state index contributed by atoms with van der Waals surface area (Å²) in [5, 5.41) is 13.7. The fourth-order valence-electron chi connectivity index (χ4n) is 2.65. The van der Waals surface area contributed by atoms with Crippen LogP contribution in [0.4, 0.5) is 0 Å². The summed E-state index contributed by atoms with van der Waals surface area (Å²) in [6.45, 7) is 8.55. The second-order valence-electron chi connectivity index (χ2n) is 6.07. The molecular formula is C13H27NO. The van der Waals surface area contributed by atoms with Gasteiger partial charge in [-0.1, -0.05) is 19.3 Å². The summed E-state index contributed by atoms with van der Waals surface area (Å²) in [6.07, 6.45) is 6.18. The van der Waals surface area contributed by atoms with Crippen molar-refractivity contribution in [2.75, 3.05) is 0 Å². The van der Waals surface area contributed by atoms with Crippen LogP contribution in [0.3, 0.4) is 0 Å². The summed E-state index contributed by atoms with van der Waals surface area (Å²) in [5.74, 6) is 0.517. The molecule has 1 saturated carbocycles. The average Bonchev–Trinajstić information content (AvgIpc) is 2.15. The van der Waals surface area contributed by atoms with Crippen molar-refractivity contribution in [1.82, 2.24) is 5.32 Å². The first-order chi connectivity index (χ1) is 6.90. The summed E-state index contributed by atoms with van der Waals surface area (Å²) in [5.41, 5.74) is 0.0923. The standard InChI is InChI=1S/C13H27NO/c1-10(14-13(2,3)4)12(15)11-8-6-5-7-9-11/h10-12,14-15H,5-9H2,1-4H3/t10-,12-/m0/s1. The highest BCUT2D eigenvalue weighted by Gasteiger charge is 2.28. The first kappa shape index (κ1) is 13.0. The summed E-state index contributed by atoms with van der Waals surface area (Å²) < 4.78 is 0. The molecule has 0 aliphatic heterocycles. The van der Waals surface area contributed by atoms with Crippen molar-refractivity contribution < 1.29 is 5.11 Å². The van der Waals surface area contributed by atoms with E-state index in [2.05, 4.69) is 33.0 Å². The van der Waals surface area contributed by atoms with Gasteiger partial charge in [-0.05, 0) is 46.5 Å². The smallest absolute Gasteiger partial charge is 0.0718 e. The highest BCUT2D eigenvalue weighted by Crippen LogP contribution is 2.28. The minimum absolute atomic E-state index is 0.0923. The molecule has 0 aromatic heterocycles. The van der Waals surface area contributed by atoms with Gasteiger partial charge in [0.1, 0.15) is 0 Å². The maximum atomic E-state index is 10.2. The molecule has 0 bridgehead atoms. The Balaban J connectivity index is 2.40. The average molecular weight is 213 g/mol. The lowest BCUT2D eigenvalue weighted by atomic mass is 9.82. The predicted octanol–water partition coefficient (Wildman–Crippen LogP) is 2.70. The van der Waals surface area contributed by atoms with E-state index >= 15 is 0 Å². The monoisotopic (exact) mass is 213 g/mol. The van der Waals surface area contributed by atoms with Gasteiger partial charge >= 0.3 is 0 Å². The van der Waals surface area contributed by atoms with Crippen LogP contribution in [-0.2, 0) is 0 Å². The van der Waals surface area contributed by atoms with Crippen molar-refractivity contribution in [3.63, 3.8) is 0 Å². The van der Waals surface area contributed by atoms with Gasteiger partial charge in [0.05, 0.1) is 6.10 Å². The summed E-state index contributed by atoms with van der Waals surface area (Å²) in [4.78, 5) is 0. The van der Waals surface area contributed by atoms with Crippen LogP contribution in [0.15, 0.2) is 0 Å². The molecule has 0 saturated heterocycles. The Kier molecular flexibility index (Phi) is 4.60. The molecular weight excluding hydrogens is 186 g/mol. The SMILES string of the molecule is C[C@H](NC(C)(C)C)[C@H](O)C1CCCCC1. The van der Waals surface area contributed by atoms with Crippen molar-refractivity contribution in [1.29, 1.82) is 0 Å². The van der Waals surface area contributed by atoms with Crippen LogP contribution in [0.5, 0.6) is 0 Å². The van der Waals surface area contributed by atoms with Crippen LogP contribution in [0.2, 0.25) is 0 Å². The van der Waals surface area contributed by atoms with E-state index in [9.17, 15) is 5.11 Å². The third kappa shape index (κ3) is 4.52. The Bertz CT molecular complexity index is 179. The van der Waals surface area contributed by atoms with Gasteiger partial charge in [0.15, 0.2) is 0 Å². The first-order valence-corrected chi connectivity index (χ1v) is 6.36. The van der Waals surface area contributed by atoms with E-state index in [1.165, 1.54) is 32.1 Å². The van der Waals surface area contributed by atoms with Crippen molar-refractivity contribution >= 4 is 0 Å². The molecule has 1 rings (SSSR count). The molecule has 15 heavy (non-hydrogen) atoms. The fraction of sp³-hybridized carbons (Fsp3) is 1.00. The van der Waals surface area contributed by atoms with Gasteiger partial charge in [0, 0.05) is 11.6 Å². The second-order valence-corrected chi connectivity index (χ2v) is 6.07. The zero-order valence-electron chi connectivity index (χ0n) is 10.7. The molecule has 0 amide bonds. The molecule has 0 heterocycles. The number of hydrogen-bond donors (Lipinski definition) is 2. The van der Waals surface area contributed by atoms with Gasteiger partial charge in [-0.25, -0.2) is 0 Å². The molecule has 0 spiro atoms. The predicted molar refractivity (Wildman–Crippen MR) is 64.9 cm³/mol. The van der Waals surface area contributed by atoms with E-state index in [1.807, 2.05) is 0 Å². The van der Waals surface area contributed by atoms with Gasteiger partial charge < -0.3 is 10.4 Å². The molecule has 1 aliphatic rings. The lowest BCUT2D eigenvalue weighted by Gasteiger charge is -2.34. The second kappa shape index (κ2) is 5.31. The Morgan fingerprint density at radius 1 is 1.13 bits per heavy atom. The van der Waals surface area contributed by atoms with Crippen LogP contribution < -0.4 is 5.32 Å².